The molecule has 1 fully saturated rings. The Balaban J connectivity index is 1.76. The maximum Gasteiger partial charge on any atom is 0.321 e. The topological polar surface area (TPSA) is 67.9 Å². The molecule has 1 aliphatic heterocycles. The van der Waals surface area contributed by atoms with E-state index in [0.717, 1.165) is 17.7 Å². The van der Waals surface area contributed by atoms with Crippen LogP contribution in [-0.4, -0.2) is 43.7 Å². The summed E-state index contributed by atoms with van der Waals surface area (Å²) < 4.78 is 10.6. The van der Waals surface area contributed by atoms with Gasteiger partial charge in [0, 0.05) is 18.8 Å². The van der Waals surface area contributed by atoms with Crippen molar-refractivity contribution in [3.05, 3.63) is 60.2 Å². The minimum absolute atomic E-state index is 0.211. The van der Waals surface area contributed by atoms with Crippen LogP contribution in [0.5, 0.6) is 5.75 Å². The van der Waals surface area contributed by atoms with Crippen molar-refractivity contribution in [3.8, 4) is 5.75 Å². The van der Waals surface area contributed by atoms with Crippen molar-refractivity contribution in [2.45, 2.75) is 26.2 Å². The number of rotatable bonds is 6. The van der Waals surface area contributed by atoms with Crippen molar-refractivity contribution in [2.24, 2.45) is 5.41 Å². The van der Waals surface area contributed by atoms with Gasteiger partial charge in [-0.05, 0) is 56.0 Å². The number of urea groups is 1. The van der Waals surface area contributed by atoms with E-state index in [0.29, 0.717) is 38.2 Å². The van der Waals surface area contributed by atoms with E-state index in [1.165, 1.54) is 0 Å². The predicted octanol–water partition coefficient (Wildman–Crippen LogP) is 4.12. The average Bonchev–Trinajstić information content (AvgIpc) is 2.75. The molecule has 2 aromatic rings. The molecule has 154 valence electrons. The van der Waals surface area contributed by atoms with Gasteiger partial charge in [0.2, 0.25) is 0 Å². The van der Waals surface area contributed by atoms with Gasteiger partial charge in [-0.1, -0.05) is 30.3 Å². The van der Waals surface area contributed by atoms with Gasteiger partial charge >= 0.3 is 12.0 Å². The molecule has 1 heterocycles. The first-order valence-corrected chi connectivity index (χ1v) is 9.97. The van der Waals surface area contributed by atoms with Gasteiger partial charge in [-0.3, -0.25) is 4.79 Å². The number of nitrogens with one attached hydrogen (secondary N) is 1. The van der Waals surface area contributed by atoms with Crippen LogP contribution in [0.4, 0.5) is 10.5 Å². The maximum absolute atomic E-state index is 12.9. The maximum atomic E-state index is 12.9. The quantitative estimate of drug-likeness (QED) is 0.746. The molecule has 1 saturated heterocycles. The summed E-state index contributed by atoms with van der Waals surface area (Å²) in [5, 5.41) is 2.91. The minimum Gasteiger partial charge on any atom is -0.497 e. The third-order valence-electron chi connectivity index (χ3n) is 5.30. The van der Waals surface area contributed by atoms with Crippen LogP contribution in [0, 0.1) is 5.41 Å². The number of methoxy groups -OCH3 is 1. The van der Waals surface area contributed by atoms with Crippen LogP contribution in [0.1, 0.15) is 25.3 Å². The van der Waals surface area contributed by atoms with Gasteiger partial charge < -0.3 is 19.7 Å². The van der Waals surface area contributed by atoms with Gasteiger partial charge in [0.25, 0.3) is 0 Å². The van der Waals surface area contributed by atoms with Gasteiger partial charge in [-0.25, -0.2) is 4.79 Å². The summed E-state index contributed by atoms with van der Waals surface area (Å²) in [6.07, 6.45) is 2.01. The summed E-state index contributed by atoms with van der Waals surface area (Å²) in [4.78, 5) is 27.5. The van der Waals surface area contributed by atoms with Crippen LogP contribution >= 0.6 is 0 Å². The Labute approximate surface area is 171 Å². The van der Waals surface area contributed by atoms with Crippen LogP contribution in [0.3, 0.4) is 0 Å². The van der Waals surface area contributed by atoms with E-state index in [-0.39, 0.29) is 12.0 Å². The highest BCUT2D eigenvalue weighted by Crippen LogP contribution is 2.35. The molecular weight excluding hydrogens is 368 g/mol. The first-order valence-electron chi connectivity index (χ1n) is 9.97. The number of benzene rings is 2. The fraction of sp³-hybridized carbons (Fsp3) is 0.391. The molecule has 1 aliphatic rings. The highest BCUT2D eigenvalue weighted by atomic mass is 16.5. The van der Waals surface area contributed by atoms with Crippen molar-refractivity contribution in [1.82, 2.24) is 4.90 Å². The summed E-state index contributed by atoms with van der Waals surface area (Å²) in [6, 6.07) is 16.9. The highest BCUT2D eigenvalue weighted by Gasteiger charge is 2.44. The normalized spacial score (nSPS) is 18.8. The van der Waals surface area contributed by atoms with E-state index in [1.807, 2.05) is 37.3 Å². The molecule has 0 saturated carbocycles. The number of anilines is 1. The smallest absolute Gasteiger partial charge is 0.321 e. The molecule has 0 aromatic heterocycles. The van der Waals surface area contributed by atoms with E-state index >= 15 is 0 Å². The van der Waals surface area contributed by atoms with Gasteiger partial charge in [-0.15, -0.1) is 0 Å². The van der Waals surface area contributed by atoms with Crippen molar-refractivity contribution < 1.29 is 19.1 Å². The molecule has 6 nitrogen and oxygen atoms in total. The summed E-state index contributed by atoms with van der Waals surface area (Å²) in [7, 11) is 1.60. The number of esters is 1. The second-order valence-corrected chi connectivity index (χ2v) is 7.35. The lowest BCUT2D eigenvalue weighted by Gasteiger charge is -2.41. The Morgan fingerprint density at radius 2 is 1.83 bits per heavy atom. The van der Waals surface area contributed by atoms with Gasteiger partial charge in [0.1, 0.15) is 5.75 Å². The second-order valence-electron chi connectivity index (χ2n) is 7.35. The van der Waals surface area contributed by atoms with Crippen molar-refractivity contribution >= 4 is 17.7 Å². The third kappa shape index (κ3) is 5.08. The minimum atomic E-state index is -0.729. The van der Waals surface area contributed by atoms with E-state index in [1.54, 1.807) is 36.3 Å². The standard InChI is InChI=1S/C23H28N2O4/c1-3-29-21(26)23(16-18-8-5-4-6-9-18)14-7-15-25(17-23)22(27)24-19-10-12-20(28-2)13-11-19/h4-6,8-13H,3,7,14-17H2,1-2H3,(H,24,27)/t23-/m0/s1. The van der Waals surface area contributed by atoms with Crippen LogP contribution in [0.2, 0.25) is 0 Å². The molecule has 0 aliphatic carbocycles. The molecule has 0 bridgehead atoms. The first kappa shape index (κ1) is 20.7. The number of carbonyl (C=O) groups excluding carboxylic acids is 2. The van der Waals surface area contributed by atoms with E-state index in [9.17, 15) is 9.59 Å². The molecule has 0 spiro atoms. The fourth-order valence-electron chi connectivity index (χ4n) is 3.84. The molecule has 1 N–H and O–H groups in total. The Kier molecular flexibility index (Phi) is 6.75. The number of amides is 2. The molecule has 2 amide bonds. The fourth-order valence-corrected chi connectivity index (χ4v) is 3.84. The molecular formula is C23H28N2O4. The first-order chi connectivity index (χ1) is 14.1. The van der Waals surface area contributed by atoms with Crippen LogP contribution < -0.4 is 10.1 Å². The number of piperidine rings is 1. The predicted molar refractivity (Wildman–Crippen MR) is 112 cm³/mol. The Morgan fingerprint density at radius 3 is 2.48 bits per heavy atom. The van der Waals surface area contributed by atoms with Gasteiger partial charge in [-0.2, -0.15) is 0 Å². The van der Waals surface area contributed by atoms with Gasteiger partial charge in [0.05, 0.1) is 19.1 Å². The van der Waals surface area contributed by atoms with Crippen LogP contribution in [0.15, 0.2) is 54.6 Å². The van der Waals surface area contributed by atoms with E-state index in [4.69, 9.17) is 9.47 Å². The largest absolute Gasteiger partial charge is 0.497 e. The number of hydrogen-bond acceptors (Lipinski definition) is 4. The summed E-state index contributed by atoms with van der Waals surface area (Å²) in [5.74, 6) is 0.496. The van der Waals surface area contributed by atoms with Crippen LogP contribution in [-0.2, 0) is 16.0 Å². The van der Waals surface area contributed by atoms with Crippen LogP contribution in [0.25, 0.3) is 0 Å². The number of ether oxygens (including phenoxy) is 2. The zero-order valence-electron chi connectivity index (χ0n) is 17.0. The molecule has 0 unspecified atom stereocenters. The van der Waals surface area contributed by atoms with Crippen molar-refractivity contribution in [3.63, 3.8) is 0 Å². The third-order valence-corrected chi connectivity index (χ3v) is 5.30. The lowest BCUT2D eigenvalue weighted by atomic mass is 9.75. The van der Waals surface area contributed by atoms with E-state index < -0.39 is 5.41 Å². The van der Waals surface area contributed by atoms with Crippen molar-refractivity contribution in [2.75, 3.05) is 32.1 Å². The average molecular weight is 396 g/mol. The summed E-state index contributed by atoms with van der Waals surface area (Å²) in [6.45, 7) is 3.08. The number of likely N-dealkylation sites (tertiary alicyclic amines) is 1. The summed E-state index contributed by atoms with van der Waals surface area (Å²) in [5.41, 5.74) is 1.02. The lowest BCUT2D eigenvalue weighted by Crippen LogP contribution is -2.52. The van der Waals surface area contributed by atoms with E-state index in [2.05, 4.69) is 5.32 Å². The highest BCUT2D eigenvalue weighted by molar-refractivity contribution is 5.90. The SMILES string of the molecule is CCOC(=O)[C@]1(Cc2ccccc2)CCCN(C(=O)Nc2ccc(OC)cc2)C1. The molecule has 1 atom stereocenters. The lowest BCUT2D eigenvalue weighted by molar-refractivity contribution is -0.158. The molecule has 6 heteroatoms. The molecule has 0 radical (unpaired) electrons. The second kappa shape index (κ2) is 9.45. The van der Waals surface area contributed by atoms with Gasteiger partial charge in [0.15, 0.2) is 0 Å². The molecule has 2 aromatic carbocycles. The van der Waals surface area contributed by atoms with Crippen molar-refractivity contribution in [1.29, 1.82) is 0 Å². The Morgan fingerprint density at radius 1 is 1.10 bits per heavy atom. The zero-order valence-corrected chi connectivity index (χ0v) is 17.0. The Hall–Kier alpha value is -3.02. The number of hydrogen-bond donors (Lipinski definition) is 1. The molecule has 3 rings (SSSR count). The molecule has 29 heavy (non-hydrogen) atoms. The summed E-state index contributed by atoms with van der Waals surface area (Å²) >= 11 is 0. The Bertz CT molecular complexity index is 823. The number of carbonyl (C=O) groups is 2. The zero-order chi connectivity index (χ0) is 20.7. The number of nitrogens with zero attached hydrogens (tertiary/aromatic N) is 1. The monoisotopic (exact) mass is 396 g/mol.